The third-order valence-corrected chi connectivity index (χ3v) is 5.10. The third-order valence-electron chi connectivity index (χ3n) is 5.10. The van der Waals surface area contributed by atoms with E-state index >= 15 is 0 Å². The van der Waals surface area contributed by atoms with Gasteiger partial charge in [0.15, 0.2) is 11.6 Å². The maximum Gasteiger partial charge on any atom is 0.275 e. The summed E-state index contributed by atoms with van der Waals surface area (Å²) in [5, 5.41) is 7.01. The summed E-state index contributed by atoms with van der Waals surface area (Å²) in [6.07, 6.45) is 7.07. The summed E-state index contributed by atoms with van der Waals surface area (Å²) in [5.41, 5.74) is 3.81. The first kappa shape index (κ1) is 18.2. The Morgan fingerprint density at radius 2 is 2.07 bits per heavy atom. The van der Waals surface area contributed by atoms with Gasteiger partial charge in [0.2, 0.25) is 0 Å². The number of carbonyl (C=O) groups is 1. The highest BCUT2D eigenvalue weighted by Crippen LogP contribution is 2.39. The molecule has 1 fully saturated rings. The molecule has 0 aliphatic heterocycles. The number of aryl methyl sites for hydroxylation is 2. The van der Waals surface area contributed by atoms with Gasteiger partial charge < -0.3 is 9.84 Å². The van der Waals surface area contributed by atoms with E-state index in [1.807, 2.05) is 44.2 Å². The van der Waals surface area contributed by atoms with Crippen LogP contribution < -0.4 is 5.32 Å². The predicted octanol–water partition coefficient (Wildman–Crippen LogP) is 4.06. The topological polar surface area (TPSA) is 98.7 Å². The summed E-state index contributed by atoms with van der Waals surface area (Å²) in [7, 11) is 0. The maximum absolute atomic E-state index is 12.7. The van der Waals surface area contributed by atoms with Crippen LogP contribution in [0.25, 0.3) is 17.3 Å². The van der Waals surface area contributed by atoms with Crippen molar-refractivity contribution in [2.75, 3.05) is 5.32 Å². The summed E-state index contributed by atoms with van der Waals surface area (Å²) in [5.74, 6) is 1.83. The number of hydrogen-bond donors (Lipinski definition) is 1. The van der Waals surface area contributed by atoms with Gasteiger partial charge >= 0.3 is 0 Å². The Morgan fingerprint density at radius 3 is 2.90 bits per heavy atom. The van der Waals surface area contributed by atoms with E-state index < -0.39 is 0 Å². The minimum atomic E-state index is -0.284. The Balaban J connectivity index is 1.42. The van der Waals surface area contributed by atoms with Crippen LogP contribution in [0.15, 0.2) is 53.6 Å². The van der Waals surface area contributed by atoms with E-state index in [-0.39, 0.29) is 11.6 Å². The van der Waals surface area contributed by atoms with Gasteiger partial charge in [-0.1, -0.05) is 17.3 Å². The first-order chi connectivity index (χ1) is 14.6. The molecule has 0 bridgehead atoms. The lowest BCUT2D eigenvalue weighted by Gasteiger charge is -2.08. The minimum absolute atomic E-state index is 0.284. The summed E-state index contributed by atoms with van der Waals surface area (Å²) in [6, 6.07) is 9.60. The number of amides is 1. The molecule has 3 heterocycles. The van der Waals surface area contributed by atoms with Crippen LogP contribution in [0.5, 0.6) is 0 Å². The lowest BCUT2D eigenvalue weighted by molar-refractivity contribution is 0.102. The van der Waals surface area contributed by atoms with Crippen LogP contribution in [0.4, 0.5) is 5.69 Å². The minimum Gasteiger partial charge on any atom is -0.334 e. The summed E-state index contributed by atoms with van der Waals surface area (Å²) in [4.78, 5) is 25.9. The van der Waals surface area contributed by atoms with Crippen molar-refractivity contribution in [2.45, 2.75) is 32.6 Å². The van der Waals surface area contributed by atoms with Crippen molar-refractivity contribution >= 4 is 11.6 Å². The molecule has 150 valence electrons. The van der Waals surface area contributed by atoms with Crippen LogP contribution in [0.2, 0.25) is 0 Å². The molecule has 1 aromatic carbocycles. The van der Waals surface area contributed by atoms with Gasteiger partial charge in [0.1, 0.15) is 12.0 Å². The number of hydrogen-bond acceptors (Lipinski definition) is 6. The number of carbonyl (C=O) groups excluding carboxylic acids is 1. The Bertz CT molecular complexity index is 1240. The second kappa shape index (κ2) is 7.22. The van der Waals surface area contributed by atoms with Gasteiger partial charge in [-0.25, -0.2) is 9.97 Å². The molecule has 3 aromatic heterocycles. The van der Waals surface area contributed by atoms with Crippen molar-refractivity contribution < 1.29 is 9.32 Å². The van der Waals surface area contributed by atoms with E-state index in [2.05, 4.69) is 25.4 Å². The molecule has 0 unspecified atom stereocenters. The molecule has 1 aliphatic carbocycles. The lowest BCUT2D eigenvalue weighted by Crippen LogP contribution is -2.13. The fourth-order valence-corrected chi connectivity index (χ4v) is 3.23. The second-order valence-corrected chi connectivity index (χ2v) is 7.55. The summed E-state index contributed by atoms with van der Waals surface area (Å²) < 4.78 is 7.15. The van der Waals surface area contributed by atoms with Gasteiger partial charge in [0.05, 0.1) is 5.56 Å². The van der Waals surface area contributed by atoms with Crippen LogP contribution in [0, 0.1) is 13.8 Å². The second-order valence-electron chi connectivity index (χ2n) is 7.55. The SMILES string of the molecule is Cc1ccc(C)c(NC(=O)c2cn(-c3ncccc3-c3nc(C4CC4)no3)cn2)c1. The number of nitrogens with one attached hydrogen (secondary N) is 1. The molecule has 1 N–H and O–H groups in total. The predicted molar refractivity (Wildman–Crippen MR) is 110 cm³/mol. The average Bonchev–Trinajstić information content (AvgIpc) is 3.27. The van der Waals surface area contributed by atoms with Gasteiger partial charge in [0, 0.05) is 24.0 Å². The number of nitrogens with zero attached hydrogens (tertiary/aromatic N) is 5. The molecule has 0 spiro atoms. The highest BCUT2D eigenvalue weighted by molar-refractivity contribution is 6.03. The molecule has 0 radical (unpaired) electrons. The number of benzene rings is 1. The van der Waals surface area contributed by atoms with E-state index in [1.165, 1.54) is 0 Å². The summed E-state index contributed by atoms with van der Waals surface area (Å²) >= 11 is 0. The number of imidazole rings is 1. The molecule has 4 aromatic rings. The molecule has 5 rings (SSSR count). The highest BCUT2D eigenvalue weighted by Gasteiger charge is 2.29. The van der Waals surface area contributed by atoms with E-state index in [1.54, 1.807) is 23.3 Å². The van der Waals surface area contributed by atoms with Crippen molar-refractivity contribution in [3.05, 3.63) is 71.7 Å². The fraction of sp³-hybridized carbons (Fsp3) is 0.227. The van der Waals surface area contributed by atoms with E-state index in [9.17, 15) is 4.79 Å². The third kappa shape index (κ3) is 3.47. The van der Waals surface area contributed by atoms with Crippen molar-refractivity contribution in [3.63, 3.8) is 0 Å². The van der Waals surface area contributed by atoms with Crippen LogP contribution >= 0.6 is 0 Å². The van der Waals surface area contributed by atoms with Gasteiger partial charge in [-0.3, -0.25) is 9.36 Å². The zero-order valence-corrected chi connectivity index (χ0v) is 16.7. The molecule has 8 heteroatoms. The number of anilines is 1. The van der Waals surface area contributed by atoms with Crippen molar-refractivity contribution in [1.82, 2.24) is 24.7 Å². The fourth-order valence-electron chi connectivity index (χ4n) is 3.23. The Hall–Kier alpha value is -3.81. The Morgan fingerprint density at radius 1 is 1.20 bits per heavy atom. The van der Waals surface area contributed by atoms with E-state index in [0.717, 1.165) is 35.5 Å². The molecule has 1 amide bonds. The zero-order chi connectivity index (χ0) is 20.7. The summed E-state index contributed by atoms with van der Waals surface area (Å²) in [6.45, 7) is 3.94. The monoisotopic (exact) mass is 400 g/mol. The molecule has 1 aliphatic rings. The van der Waals surface area contributed by atoms with Crippen molar-refractivity contribution in [3.8, 4) is 17.3 Å². The van der Waals surface area contributed by atoms with Crippen LogP contribution in [-0.2, 0) is 0 Å². The first-order valence-corrected chi connectivity index (χ1v) is 9.80. The van der Waals surface area contributed by atoms with Crippen LogP contribution in [-0.4, -0.2) is 30.6 Å². The molecule has 8 nitrogen and oxygen atoms in total. The molecule has 0 saturated heterocycles. The first-order valence-electron chi connectivity index (χ1n) is 9.80. The van der Waals surface area contributed by atoms with E-state index in [0.29, 0.717) is 23.2 Å². The van der Waals surface area contributed by atoms with Crippen LogP contribution in [0.1, 0.15) is 46.2 Å². The van der Waals surface area contributed by atoms with E-state index in [4.69, 9.17) is 4.52 Å². The molecule has 1 saturated carbocycles. The molecular formula is C22H20N6O2. The molecular weight excluding hydrogens is 380 g/mol. The van der Waals surface area contributed by atoms with Gasteiger partial charge in [-0.15, -0.1) is 0 Å². The number of aromatic nitrogens is 5. The maximum atomic E-state index is 12.7. The number of rotatable bonds is 5. The Kier molecular flexibility index (Phi) is 4.39. The molecule has 0 atom stereocenters. The van der Waals surface area contributed by atoms with Gasteiger partial charge in [-0.05, 0) is 56.0 Å². The largest absolute Gasteiger partial charge is 0.334 e. The van der Waals surface area contributed by atoms with Gasteiger partial charge in [0.25, 0.3) is 11.8 Å². The Labute approximate surface area is 173 Å². The highest BCUT2D eigenvalue weighted by atomic mass is 16.5. The van der Waals surface area contributed by atoms with Crippen molar-refractivity contribution in [1.29, 1.82) is 0 Å². The van der Waals surface area contributed by atoms with Crippen molar-refractivity contribution in [2.24, 2.45) is 0 Å². The lowest BCUT2D eigenvalue weighted by atomic mass is 10.1. The zero-order valence-electron chi connectivity index (χ0n) is 16.7. The normalized spacial score (nSPS) is 13.4. The standard InChI is InChI=1S/C22H20N6O2/c1-13-5-6-14(2)17(10-13)25-21(29)18-11-28(12-24-18)20-16(4-3-9-23-20)22-26-19(27-30-22)15-7-8-15/h3-6,9-12,15H,7-8H2,1-2H3,(H,25,29). The quantitative estimate of drug-likeness (QED) is 0.542. The average molecular weight is 400 g/mol. The van der Waals surface area contributed by atoms with Crippen LogP contribution in [0.3, 0.4) is 0 Å². The number of pyridine rings is 1. The van der Waals surface area contributed by atoms with Gasteiger partial charge in [-0.2, -0.15) is 4.98 Å². The smallest absolute Gasteiger partial charge is 0.275 e. The molecule has 30 heavy (non-hydrogen) atoms.